The van der Waals surface area contributed by atoms with E-state index in [1.807, 2.05) is 18.2 Å². The van der Waals surface area contributed by atoms with Gasteiger partial charge in [-0.3, -0.25) is 0 Å². The molecule has 2 rings (SSSR count). The third-order valence-corrected chi connectivity index (χ3v) is 4.23. The zero-order valence-corrected chi connectivity index (χ0v) is 13.4. The molecule has 22 heavy (non-hydrogen) atoms. The maximum Gasteiger partial charge on any atom is 0.222 e. The van der Waals surface area contributed by atoms with Gasteiger partial charge in [0.25, 0.3) is 0 Å². The first-order valence-electron chi connectivity index (χ1n) is 7.62. The quantitative estimate of drug-likeness (QED) is 0.476. The van der Waals surface area contributed by atoms with Gasteiger partial charge >= 0.3 is 0 Å². The molecule has 1 atom stereocenters. The molecule has 0 radical (unpaired) electrons. The first-order valence-corrected chi connectivity index (χ1v) is 8.73. The standard InChI is InChI=1S/C15H23N3O3S/c16-15-14-12(17-22(20)18-15)8-7-9-13(14)21-11-6-4-2-1-3-5-10-19/h7-9,17,19H,1-6,10-11H2,(H2,16,18). The van der Waals surface area contributed by atoms with Crippen LogP contribution in [-0.4, -0.2) is 28.7 Å². The van der Waals surface area contributed by atoms with Gasteiger partial charge in [-0.25, -0.2) is 0 Å². The molecule has 0 fully saturated rings. The van der Waals surface area contributed by atoms with E-state index in [2.05, 4.69) is 9.12 Å². The second kappa shape index (κ2) is 8.87. The van der Waals surface area contributed by atoms with Gasteiger partial charge in [-0.05, 0) is 29.4 Å². The normalized spacial score (nSPS) is 16.6. The molecule has 1 heterocycles. The van der Waals surface area contributed by atoms with Gasteiger partial charge in [-0.1, -0.05) is 31.7 Å². The van der Waals surface area contributed by atoms with Crippen molar-refractivity contribution in [3.05, 3.63) is 23.8 Å². The number of anilines is 1. The van der Waals surface area contributed by atoms with Crippen LogP contribution in [0.25, 0.3) is 0 Å². The lowest BCUT2D eigenvalue weighted by Crippen LogP contribution is -2.27. The average molecular weight is 325 g/mol. The Morgan fingerprint density at radius 1 is 1.18 bits per heavy atom. The predicted molar refractivity (Wildman–Crippen MR) is 89.2 cm³/mol. The largest absolute Gasteiger partial charge is 0.566 e. The van der Waals surface area contributed by atoms with E-state index < -0.39 is 11.5 Å². The van der Waals surface area contributed by atoms with Crippen molar-refractivity contribution in [3.63, 3.8) is 0 Å². The summed E-state index contributed by atoms with van der Waals surface area (Å²) >= 11 is -1.51. The van der Waals surface area contributed by atoms with E-state index in [0.717, 1.165) is 38.5 Å². The van der Waals surface area contributed by atoms with Crippen LogP contribution in [0.15, 0.2) is 22.6 Å². The molecule has 1 aliphatic heterocycles. The fraction of sp³-hybridized carbons (Fsp3) is 0.533. The van der Waals surface area contributed by atoms with Gasteiger partial charge < -0.3 is 20.1 Å². The number of benzene rings is 1. The smallest absolute Gasteiger partial charge is 0.222 e. The summed E-state index contributed by atoms with van der Waals surface area (Å²) in [6.45, 7) is 0.900. The molecule has 0 saturated heterocycles. The van der Waals surface area contributed by atoms with Crippen LogP contribution in [0.5, 0.6) is 5.75 Å². The summed E-state index contributed by atoms with van der Waals surface area (Å²) in [5.74, 6) is 0.912. The van der Waals surface area contributed by atoms with Crippen molar-refractivity contribution in [1.29, 1.82) is 0 Å². The molecule has 0 bridgehead atoms. The lowest BCUT2D eigenvalue weighted by molar-refractivity contribution is 0.280. The number of ether oxygens (including phenoxy) is 1. The molecule has 1 aliphatic rings. The minimum atomic E-state index is -1.51. The van der Waals surface area contributed by atoms with Crippen molar-refractivity contribution >= 4 is 23.1 Å². The topological polar surface area (TPSA) is 103 Å². The van der Waals surface area contributed by atoms with E-state index in [-0.39, 0.29) is 12.4 Å². The number of fused-ring (bicyclic) bond motifs is 1. The van der Waals surface area contributed by atoms with Gasteiger partial charge in [0.15, 0.2) is 5.84 Å². The number of aliphatic hydroxyl groups is 1. The zero-order valence-electron chi connectivity index (χ0n) is 12.6. The Morgan fingerprint density at radius 3 is 2.68 bits per heavy atom. The molecule has 7 heteroatoms. The number of nitrogens with two attached hydrogens (primary N) is 1. The monoisotopic (exact) mass is 325 g/mol. The molecular weight excluding hydrogens is 302 g/mol. The molecule has 0 saturated carbocycles. The lowest BCUT2D eigenvalue weighted by Gasteiger charge is -2.18. The summed E-state index contributed by atoms with van der Waals surface area (Å²) in [5.41, 5.74) is 7.23. The highest BCUT2D eigenvalue weighted by Gasteiger charge is 2.24. The van der Waals surface area contributed by atoms with Crippen LogP contribution in [0.2, 0.25) is 0 Å². The maximum atomic E-state index is 11.4. The van der Waals surface area contributed by atoms with Crippen LogP contribution in [0.1, 0.15) is 44.1 Å². The zero-order chi connectivity index (χ0) is 15.8. The number of hydrogen-bond acceptors (Lipinski definition) is 6. The Morgan fingerprint density at radius 2 is 1.91 bits per heavy atom. The number of unbranched alkanes of at least 4 members (excludes halogenated alkanes) is 5. The third kappa shape index (κ3) is 4.79. The van der Waals surface area contributed by atoms with Crippen LogP contribution < -0.4 is 15.2 Å². The number of amidine groups is 1. The average Bonchev–Trinajstić information content (AvgIpc) is 2.49. The summed E-state index contributed by atoms with van der Waals surface area (Å²) in [6.07, 6.45) is 6.35. The summed E-state index contributed by atoms with van der Waals surface area (Å²) in [5, 5.41) is 8.70. The fourth-order valence-electron chi connectivity index (χ4n) is 2.36. The number of nitrogens with zero attached hydrogens (tertiary/aromatic N) is 1. The highest BCUT2D eigenvalue weighted by Crippen LogP contribution is 2.30. The van der Waals surface area contributed by atoms with E-state index >= 15 is 0 Å². The Hall–Kier alpha value is -1.44. The second-order valence-electron chi connectivity index (χ2n) is 5.20. The molecule has 0 aliphatic carbocycles. The molecule has 1 aromatic carbocycles. The van der Waals surface area contributed by atoms with Crippen molar-refractivity contribution < 1.29 is 14.4 Å². The third-order valence-electron chi connectivity index (χ3n) is 3.47. The fourth-order valence-corrected chi connectivity index (χ4v) is 3.03. The van der Waals surface area contributed by atoms with E-state index in [1.165, 1.54) is 0 Å². The first-order chi connectivity index (χ1) is 10.7. The number of hydrogen-bond donors (Lipinski definition) is 3. The van der Waals surface area contributed by atoms with Crippen LogP contribution in [0.3, 0.4) is 0 Å². The second-order valence-corrected chi connectivity index (χ2v) is 6.08. The van der Waals surface area contributed by atoms with Crippen molar-refractivity contribution in [2.45, 2.75) is 38.5 Å². The van der Waals surface area contributed by atoms with E-state index in [4.69, 9.17) is 15.6 Å². The SMILES string of the molecule is NC1=N[S+]([O-])Nc2cccc(OCCCCCCCCO)c21. The Bertz CT molecular complexity index is 511. The van der Waals surface area contributed by atoms with Crippen LogP contribution in [0, 0.1) is 0 Å². The van der Waals surface area contributed by atoms with Crippen molar-refractivity contribution in [1.82, 2.24) is 0 Å². The first kappa shape index (κ1) is 16.9. The molecule has 122 valence electrons. The summed E-state index contributed by atoms with van der Waals surface area (Å²) in [6, 6.07) is 5.49. The van der Waals surface area contributed by atoms with Gasteiger partial charge in [0, 0.05) is 6.61 Å². The molecule has 4 N–H and O–H groups in total. The molecule has 0 spiro atoms. The molecule has 0 amide bonds. The van der Waals surface area contributed by atoms with Crippen LogP contribution in [0.4, 0.5) is 5.69 Å². The van der Waals surface area contributed by atoms with Gasteiger partial charge in [-0.15, -0.1) is 0 Å². The minimum absolute atomic E-state index is 0.242. The molecule has 1 unspecified atom stereocenters. The number of nitrogens with one attached hydrogen (secondary N) is 1. The van der Waals surface area contributed by atoms with Crippen LogP contribution in [-0.2, 0) is 11.5 Å². The number of aliphatic hydroxyl groups excluding tert-OH is 1. The molecule has 1 aromatic rings. The van der Waals surface area contributed by atoms with E-state index in [0.29, 0.717) is 23.6 Å². The Balaban J connectivity index is 1.78. The van der Waals surface area contributed by atoms with Gasteiger partial charge in [-0.2, -0.15) is 4.72 Å². The van der Waals surface area contributed by atoms with Gasteiger partial charge in [0.2, 0.25) is 11.5 Å². The van der Waals surface area contributed by atoms with Crippen molar-refractivity contribution in [3.8, 4) is 5.75 Å². The molecule has 6 nitrogen and oxygen atoms in total. The molecule has 0 aromatic heterocycles. The summed E-state index contributed by atoms with van der Waals surface area (Å²) in [7, 11) is 0. The van der Waals surface area contributed by atoms with Gasteiger partial charge in [0.05, 0.1) is 17.9 Å². The van der Waals surface area contributed by atoms with E-state index in [9.17, 15) is 4.55 Å². The lowest BCUT2D eigenvalue weighted by atomic mass is 10.1. The van der Waals surface area contributed by atoms with E-state index in [1.54, 1.807) is 0 Å². The van der Waals surface area contributed by atoms with Crippen molar-refractivity contribution in [2.75, 3.05) is 17.9 Å². The number of rotatable bonds is 9. The van der Waals surface area contributed by atoms with Crippen molar-refractivity contribution in [2.24, 2.45) is 10.1 Å². The highest BCUT2D eigenvalue weighted by molar-refractivity contribution is 7.91. The minimum Gasteiger partial charge on any atom is -0.566 e. The van der Waals surface area contributed by atoms with Crippen LogP contribution >= 0.6 is 0 Å². The Kier molecular flexibility index (Phi) is 6.82. The molecular formula is C15H23N3O3S. The summed E-state index contributed by atoms with van der Waals surface area (Å²) < 4.78 is 23.8. The maximum absolute atomic E-state index is 11.4. The highest BCUT2D eigenvalue weighted by atomic mass is 32.2. The summed E-state index contributed by atoms with van der Waals surface area (Å²) in [4.78, 5) is 0. The van der Waals surface area contributed by atoms with Gasteiger partial charge in [0.1, 0.15) is 5.75 Å². The predicted octanol–water partition coefficient (Wildman–Crippen LogP) is 2.11. The Labute approximate surface area is 134 Å².